The van der Waals surface area contributed by atoms with E-state index in [-0.39, 0.29) is 24.5 Å². The number of benzene rings is 2. The van der Waals surface area contributed by atoms with Gasteiger partial charge in [0.25, 0.3) is 5.91 Å². The third-order valence-corrected chi connectivity index (χ3v) is 6.44. The molecular weight excluding hydrogens is 412 g/mol. The second-order valence-electron chi connectivity index (χ2n) is 9.29. The Labute approximate surface area is 198 Å². The molecule has 0 aliphatic heterocycles. The van der Waals surface area contributed by atoms with Crippen molar-refractivity contribution in [1.82, 2.24) is 10.2 Å². The van der Waals surface area contributed by atoms with Crippen molar-refractivity contribution < 1.29 is 14.3 Å². The zero-order chi connectivity index (χ0) is 23.6. The molecule has 5 nitrogen and oxygen atoms in total. The van der Waals surface area contributed by atoms with Crippen LogP contribution in [0.1, 0.15) is 76.3 Å². The van der Waals surface area contributed by atoms with Crippen LogP contribution in [0, 0.1) is 0 Å². The number of nitrogens with one attached hydrogen (secondary N) is 1. The van der Waals surface area contributed by atoms with Gasteiger partial charge in [-0.2, -0.15) is 0 Å². The van der Waals surface area contributed by atoms with Gasteiger partial charge in [0.15, 0.2) is 6.61 Å². The number of nitrogens with zero attached hydrogens (tertiary/aromatic N) is 1. The highest BCUT2D eigenvalue weighted by Crippen LogP contribution is 2.21. The maximum Gasteiger partial charge on any atom is 0.261 e. The van der Waals surface area contributed by atoms with Crippen molar-refractivity contribution in [2.75, 3.05) is 6.61 Å². The van der Waals surface area contributed by atoms with Gasteiger partial charge in [-0.25, -0.2) is 0 Å². The highest BCUT2D eigenvalue weighted by molar-refractivity contribution is 5.88. The molecule has 0 spiro atoms. The summed E-state index contributed by atoms with van der Waals surface area (Å²) in [6.07, 6.45) is 6.13. The van der Waals surface area contributed by atoms with Crippen LogP contribution in [-0.2, 0) is 16.1 Å². The Morgan fingerprint density at radius 2 is 1.67 bits per heavy atom. The summed E-state index contributed by atoms with van der Waals surface area (Å²) in [5.41, 5.74) is 2.22. The van der Waals surface area contributed by atoms with Gasteiger partial charge in [-0.3, -0.25) is 9.59 Å². The number of hydrogen-bond donors (Lipinski definition) is 1. The van der Waals surface area contributed by atoms with E-state index in [2.05, 4.69) is 19.2 Å². The summed E-state index contributed by atoms with van der Waals surface area (Å²) in [4.78, 5) is 28.2. The van der Waals surface area contributed by atoms with E-state index in [1.165, 1.54) is 12.0 Å². The lowest BCUT2D eigenvalue weighted by molar-refractivity contribution is -0.143. The highest BCUT2D eigenvalue weighted by Gasteiger charge is 2.30. The molecule has 2 amide bonds. The highest BCUT2D eigenvalue weighted by atomic mass is 16.5. The molecule has 1 atom stereocenters. The van der Waals surface area contributed by atoms with Crippen LogP contribution in [0.25, 0.3) is 0 Å². The molecule has 0 aromatic heterocycles. The summed E-state index contributed by atoms with van der Waals surface area (Å²) in [6.45, 7) is 6.53. The number of ether oxygens (including phenoxy) is 1. The maximum atomic E-state index is 13.3. The summed E-state index contributed by atoms with van der Waals surface area (Å²) in [5, 5.41) is 3.21. The largest absolute Gasteiger partial charge is 0.484 e. The summed E-state index contributed by atoms with van der Waals surface area (Å²) < 4.78 is 5.82. The van der Waals surface area contributed by atoms with E-state index < -0.39 is 6.04 Å². The van der Waals surface area contributed by atoms with Gasteiger partial charge in [0.2, 0.25) is 5.91 Å². The fraction of sp³-hybridized carbons (Fsp3) is 0.500. The van der Waals surface area contributed by atoms with Crippen LogP contribution >= 0.6 is 0 Å². The molecule has 2 aromatic carbocycles. The first kappa shape index (κ1) is 24.8. The van der Waals surface area contributed by atoms with Crippen molar-refractivity contribution in [3.8, 4) is 5.75 Å². The van der Waals surface area contributed by atoms with Gasteiger partial charge in [-0.05, 0) is 48.4 Å². The fourth-order valence-corrected chi connectivity index (χ4v) is 4.42. The minimum absolute atomic E-state index is 0.0602. The summed E-state index contributed by atoms with van der Waals surface area (Å²) >= 11 is 0. The molecule has 1 fully saturated rings. The molecule has 3 rings (SSSR count). The van der Waals surface area contributed by atoms with Gasteiger partial charge in [0, 0.05) is 12.6 Å². The lowest BCUT2D eigenvalue weighted by Gasteiger charge is -2.32. The molecule has 1 aliphatic carbocycles. The van der Waals surface area contributed by atoms with Gasteiger partial charge in [0.1, 0.15) is 11.8 Å². The Kier molecular flexibility index (Phi) is 9.35. The zero-order valence-electron chi connectivity index (χ0n) is 20.3. The molecule has 1 aliphatic rings. The van der Waals surface area contributed by atoms with Crippen LogP contribution in [0.3, 0.4) is 0 Å². The molecule has 1 unspecified atom stereocenters. The first-order valence-electron chi connectivity index (χ1n) is 12.3. The van der Waals surface area contributed by atoms with Crippen LogP contribution in [0.15, 0.2) is 54.6 Å². The fourth-order valence-electron chi connectivity index (χ4n) is 4.42. The van der Waals surface area contributed by atoms with E-state index in [1.807, 2.05) is 61.5 Å². The van der Waals surface area contributed by atoms with E-state index in [1.54, 1.807) is 4.90 Å². The topological polar surface area (TPSA) is 58.6 Å². The normalized spacial score (nSPS) is 15.2. The molecule has 1 saturated carbocycles. The van der Waals surface area contributed by atoms with Crippen molar-refractivity contribution in [2.45, 2.75) is 83.8 Å². The number of amides is 2. The van der Waals surface area contributed by atoms with Crippen molar-refractivity contribution in [3.05, 3.63) is 65.7 Å². The molecule has 178 valence electrons. The molecule has 2 aromatic rings. The third kappa shape index (κ3) is 7.34. The smallest absolute Gasteiger partial charge is 0.261 e. The first-order chi connectivity index (χ1) is 16.0. The van der Waals surface area contributed by atoms with E-state index in [4.69, 9.17) is 4.74 Å². The predicted octanol–water partition coefficient (Wildman–Crippen LogP) is 5.45. The number of rotatable bonds is 10. The summed E-state index contributed by atoms with van der Waals surface area (Å²) in [5.74, 6) is 0.856. The number of carbonyl (C=O) groups is 2. The number of carbonyl (C=O) groups excluding carboxylic acids is 2. The van der Waals surface area contributed by atoms with Gasteiger partial charge >= 0.3 is 0 Å². The molecule has 5 heteroatoms. The lowest BCUT2D eigenvalue weighted by Crippen LogP contribution is -2.52. The lowest BCUT2D eigenvalue weighted by atomic mass is 9.95. The van der Waals surface area contributed by atoms with Crippen LogP contribution in [0.4, 0.5) is 0 Å². The van der Waals surface area contributed by atoms with Crippen molar-refractivity contribution in [1.29, 1.82) is 0 Å². The van der Waals surface area contributed by atoms with E-state index in [9.17, 15) is 9.59 Å². The third-order valence-electron chi connectivity index (χ3n) is 6.44. The Bertz CT molecular complexity index is 874. The molecule has 0 radical (unpaired) electrons. The van der Waals surface area contributed by atoms with Crippen molar-refractivity contribution >= 4 is 11.8 Å². The minimum atomic E-state index is -0.522. The molecule has 33 heavy (non-hydrogen) atoms. The maximum absolute atomic E-state index is 13.3. The monoisotopic (exact) mass is 450 g/mol. The number of hydrogen-bond acceptors (Lipinski definition) is 3. The molecule has 1 N–H and O–H groups in total. The second-order valence-corrected chi connectivity index (χ2v) is 9.29. The van der Waals surface area contributed by atoms with Crippen LogP contribution in [-0.4, -0.2) is 35.4 Å². The Morgan fingerprint density at radius 1 is 1.00 bits per heavy atom. The second kappa shape index (κ2) is 12.4. The zero-order valence-corrected chi connectivity index (χ0v) is 20.3. The molecule has 0 heterocycles. The van der Waals surface area contributed by atoms with Gasteiger partial charge in [-0.15, -0.1) is 0 Å². The van der Waals surface area contributed by atoms with E-state index in [0.717, 1.165) is 31.2 Å². The van der Waals surface area contributed by atoms with Crippen LogP contribution in [0.5, 0.6) is 5.75 Å². The minimum Gasteiger partial charge on any atom is -0.484 e. The van der Waals surface area contributed by atoms with Crippen LogP contribution < -0.4 is 10.1 Å². The van der Waals surface area contributed by atoms with Crippen LogP contribution in [0.2, 0.25) is 0 Å². The van der Waals surface area contributed by atoms with E-state index >= 15 is 0 Å². The Hall–Kier alpha value is -2.82. The van der Waals surface area contributed by atoms with Crippen molar-refractivity contribution in [2.24, 2.45) is 0 Å². The average molecular weight is 451 g/mol. The quantitative estimate of drug-likeness (QED) is 0.524. The van der Waals surface area contributed by atoms with Gasteiger partial charge in [0.05, 0.1) is 0 Å². The average Bonchev–Trinajstić information content (AvgIpc) is 2.84. The Morgan fingerprint density at radius 3 is 2.27 bits per heavy atom. The Balaban J connectivity index is 1.71. The predicted molar refractivity (Wildman–Crippen MR) is 132 cm³/mol. The summed E-state index contributed by atoms with van der Waals surface area (Å²) in [6, 6.07) is 17.4. The molecule has 0 bridgehead atoms. The molecule has 0 saturated heterocycles. The van der Waals surface area contributed by atoms with Gasteiger partial charge < -0.3 is 15.0 Å². The summed E-state index contributed by atoms with van der Waals surface area (Å²) in [7, 11) is 0. The van der Waals surface area contributed by atoms with E-state index in [0.29, 0.717) is 24.6 Å². The van der Waals surface area contributed by atoms with Crippen molar-refractivity contribution in [3.63, 3.8) is 0 Å². The standard InChI is InChI=1S/C28H38N2O3/c1-4-26(28(32)29-24-13-9-6-10-14-24)30(19-22-11-7-5-8-12-22)27(31)20-33-25-17-15-23(16-18-25)21(2)3/h5,7-8,11-12,15-18,21,24,26H,4,6,9-10,13-14,19-20H2,1-3H3,(H,29,32). The first-order valence-corrected chi connectivity index (χ1v) is 12.3. The SMILES string of the molecule is CCC(C(=O)NC1CCCCC1)N(Cc1ccccc1)C(=O)COc1ccc(C(C)C)cc1. The van der Waals surface area contributed by atoms with Gasteiger partial charge in [-0.1, -0.05) is 82.5 Å². The molecular formula is C28H38N2O3.